The van der Waals surface area contributed by atoms with Crippen LogP contribution in [0.15, 0.2) is 12.7 Å². The maximum absolute atomic E-state index is 5.88. The lowest BCUT2D eigenvalue weighted by atomic mass is 9.91. The van der Waals surface area contributed by atoms with Crippen LogP contribution in [-0.2, 0) is 0 Å². The highest BCUT2D eigenvalue weighted by molar-refractivity contribution is 4.87. The molecule has 0 aliphatic heterocycles. The van der Waals surface area contributed by atoms with E-state index in [4.69, 9.17) is 5.73 Å². The molecule has 0 spiro atoms. The van der Waals surface area contributed by atoms with E-state index in [0.717, 1.165) is 6.42 Å². The second kappa shape index (κ2) is 4.63. The number of rotatable bonds is 3. The number of nitrogens with one attached hydrogen (secondary N) is 1. The van der Waals surface area contributed by atoms with Gasteiger partial charge in [-0.2, -0.15) is 0 Å². The first kappa shape index (κ1) is 9.75. The molecule has 1 saturated carbocycles. The van der Waals surface area contributed by atoms with Gasteiger partial charge in [0.25, 0.3) is 0 Å². The molecule has 3 atom stereocenters. The lowest BCUT2D eigenvalue weighted by Gasteiger charge is -2.29. The van der Waals surface area contributed by atoms with Gasteiger partial charge in [0.05, 0.1) is 0 Å². The molecular formula is C10H20N2. The molecule has 1 fully saturated rings. The van der Waals surface area contributed by atoms with Crippen molar-refractivity contribution in [3.8, 4) is 0 Å². The zero-order valence-corrected chi connectivity index (χ0v) is 7.92. The molecule has 1 rings (SSSR count). The zero-order valence-electron chi connectivity index (χ0n) is 7.92. The van der Waals surface area contributed by atoms with Crippen LogP contribution in [0.2, 0.25) is 0 Å². The van der Waals surface area contributed by atoms with Gasteiger partial charge in [-0.3, -0.25) is 0 Å². The first-order valence-corrected chi connectivity index (χ1v) is 4.86. The normalized spacial score (nSPS) is 32.8. The van der Waals surface area contributed by atoms with Crippen LogP contribution in [0.4, 0.5) is 0 Å². The average Bonchev–Trinajstić information content (AvgIpc) is 2.04. The van der Waals surface area contributed by atoms with Gasteiger partial charge >= 0.3 is 0 Å². The van der Waals surface area contributed by atoms with E-state index in [-0.39, 0.29) is 0 Å². The number of nitrogens with two attached hydrogens (primary N) is 1. The highest BCUT2D eigenvalue weighted by Crippen LogP contribution is 2.17. The van der Waals surface area contributed by atoms with Gasteiger partial charge in [-0.05, 0) is 26.2 Å². The summed E-state index contributed by atoms with van der Waals surface area (Å²) in [6.07, 6.45) is 6.80. The van der Waals surface area contributed by atoms with E-state index < -0.39 is 0 Å². The third-order valence-electron chi connectivity index (χ3n) is 2.57. The smallest absolute Gasteiger partial charge is 0.0221 e. The Balaban J connectivity index is 2.26. The van der Waals surface area contributed by atoms with Crippen molar-refractivity contribution in [3.63, 3.8) is 0 Å². The molecule has 0 radical (unpaired) electrons. The quantitative estimate of drug-likeness (QED) is 0.625. The zero-order chi connectivity index (χ0) is 8.97. The van der Waals surface area contributed by atoms with Crippen LogP contribution in [0, 0.1) is 0 Å². The molecule has 70 valence electrons. The third-order valence-corrected chi connectivity index (χ3v) is 2.57. The first-order valence-electron chi connectivity index (χ1n) is 4.86. The molecule has 3 N–H and O–H groups in total. The van der Waals surface area contributed by atoms with Crippen molar-refractivity contribution in [3.05, 3.63) is 12.7 Å². The second-order valence-corrected chi connectivity index (χ2v) is 3.81. The third kappa shape index (κ3) is 2.95. The standard InChI is InChI=1S/C10H20N2/c1-3-8(2)12-10-6-4-5-9(11)7-10/h3,8-10,12H,1,4-7,11H2,2H3/t8?,9-,10+/m0/s1. The van der Waals surface area contributed by atoms with E-state index in [9.17, 15) is 0 Å². The Morgan fingerprint density at radius 3 is 2.92 bits per heavy atom. The van der Waals surface area contributed by atoms with Gasteiger partial charge in [-0.25, -0.2) is 0 Å². The van der Waals surface area contributed by atoms with Gasteiger partial charge in [0.15, 0.2) is 0 Å². The van der Waals surface area contributed by atoms with Gasteiger partial charge in [-0.1, -0.05) is 12.5 Å². The van der Waals surface area contributed by atoms with Crippen LogP contribution in [0.5, 0.6) is 0 Å². The molecule has 0 aromatic carbocycles. The van der Waals surface area contributed by atoms with Crippen molar-refractivity contribution in [2.24, 2.45) is 5.73 Å². The Morgan fingerprint density at radius 2 is 2.33 bits per heavy atom. The fraction of sp³-hybridized carbons (Fsp3) is 0.800. The van der Waals surface area contributed by atoms with Crippen molar-refractivity contribution in [2.75, 3.05) is 0 Å². The largest absolute Gasteiger partial charge is 0.328 e. The lowest BCUT2D eigenvalue weighted by Crippen LogP contribution is -2.42. The van der Waals surface area contributed by atoms with Crippen LogP contribution >= 0.6 is 0 Å². The predicted octanol–water partition coefficient (Wildman–Crippen LogP) is 1.42. The topological polar surface area (TPSA) is 38.0 Å². The molecular weight excluding hydrogens is 148 g/mol. The minimum absolute atomic E-state index is 0.410. The molecule has 1 aliphatic carbocycles. The lowest BCUT2D eigenvalue weighted by molar-refractivity contribution is 0.330. The summed E-state index contributed by atoms with van der Waals surface area (Å²) in [5.74, 6) is 0. The molecule has 12 heavy (non-hydrogen) atoms. The molecule has 0 bridgehead atoms. The highest BCUT2D eigenvalue weighted by Gasteiger charge is 2.19. The van der Waals surface area contributed by atoms with Crippen LogP contribution in [0.25, 0.3) is 0 Å². The van der Waals surface area contributed by atoms with Crippen LogP contribution in [-0.4, -0.2) is 18.1 Å². The van der Waals surface area contributed by atoms with Gasteiger partial charge in [-0.15, -0.1) is 6.58 Å². The second-order valence-electron chi connectivity index (χ2n) is 3.81. The van der Waals surface area contributed by atoms with E-state index in [1.165, 1.54) is 19.3 Å². The van der Waals surface area contributed by atoms with Gasteiger partial charge in [0.1, 0.15) is 0 Å². The summed E-state index contributed by atoms with van der Waals surface area (Å²) >= 11 is 0. The Kier molecular flexibility index (Phi) is 3.76. The van der Waals surface area contributed by atoms with E-state index in [1.54, 1.807) is 0 Å². The summed E-state index contributed by atoms with van der Waals surface area (Å²) < 4.78 is 0. The fourth-order valence-corrected chi connectivity index (χ4v) is 1.82. The van der Waals surface area contributed by atoms with Crippen molar-refractivity contribution >= 4 is 0 Å². The van der Waals surface area contributed by atoms with E-state index in [2.05, 4.69) is 18.8 Å². The van der Waals surface area contributed by atoms with Gasteiger partial charge in [0.2, 0.25) is 0 Å². The summed E-state index contributed by atoms with van der Waals surface area (Å²) in [5.41, 5.74) is 5.88. The number of hydrogen-bond donors (Lipinski definition) is 2. The maximum Gasteiger partial charge on any atom is 0.0221 e. The summed E-state index contributed by atoms with van der Waals surface area (Å²) in [4.78, 5) is 0. The van der Waals surface area contributed by atoms with Crippen molar-refractivity contribution in [2.45, 2.75) is 50.7 Å². The molecule has 0 aromatic heterocycles. The Labute approximate surface area is 75.2 Å². The summed E-state index contributed by atoms with van der Waals surface area (Å²) in [7, 11) is 0. The summed E-state index contributed by atoms with van der Waals surface area (Å²) in [5, 5.41) is 3.50. The van der Waals surface area contributed by atoms with Crippen LogP contribution in [0.1, 0.15) is 32.6 Å². The Morgan fingerprint density at radius 1 is 1.58 bits per heavy atom. The van der Waals surface area contributed by atoms with E-state index >= 15 is 0 Å². The Bertz CT molecular complexity index is 145. The average molecular weight is 168 g/mol. The molecule has 0 saturated heterocycles. The van der Waals surface area contributed by atoms with E-state index in [0.29, 0.717) is 18.1 Å². The van der Waals surface area contributed by atoms with Crippen LogP contribution < -0.4 is 11.1 Å². The molecule has 0 amide bonds. The minimum atomic E-state index is 0.410. The molecule has 0 aromatic rings. The summed E-state index contributed by atoms with van der Waals surface area (Å²) in [6.45, 7) is 5.88. The molecule has 1 aliphatic rings. The minimum Gasteiger partial charge on any atom is -0.328 e. The molecule has 0 heterocycles. The highest BCUT2D eigenvalue weighted by atomic mass is 14.9. The summed E-state index contributed by atoms with van der Waals surface area (Å²) in [6, 6.07) is 1.44. The molecule has 2 heteroatoms. The van der Waals surface area contributed by atoms with Gasteiger partial charge in [0, 0.05) is 18.1 Å². The predicted molar refractivity (Wildman–Crippen MR) is 53.0 cm³/mol. The number of hydrogen-bond acceptors (Lipinski definition) is 2. The van der Waals surface area contributed by atoms with Crippen molar-refractivity contribution in [1.29, 1.82) is 0 Å². The van der Waals surface area contributed by atoms with E-state index in [1.807, 2.05) is 6.08 Å². The SMILES string of the molecule is C=CC(C)N[C@@H]1CCC[C@H](N)C1. The Hall–Kier alpha value is -0.340. The molecule has 2 nitrogen and oxygen atoms in total. The van der Waals surface area contributed by atoms with Crippen molar-refractivity contribution < 1.29 is 0 Å². The maximum atomic E-state index is 5.88. The van der Waals surface area contributed by atoms with Crippen molar-refractivity contribution in [1.82, 2.24) is 5.32 Å². The fourth-order valence-electron chi connectivity index (χ4n) is 1.82. The first-order chi connectivity index (χ1) is 5.72. The van der Waals surface area contributed by atoms with Gasteiger partial charge < -0.3 is 11.1 Å². The van der Waals surface area contributed by atoms with Crippen LogP contribution in [0.3, 0.4) is 0 Å². The molecule has 1 unspecified atom stereocenters. The monoisotopic (exact) mass is 168 g/mol.